The summed E-state index contributed by atoms with van der Waals surface area (Å²) in [5.41, 5.74) is 2.36. The van der Waals surface area contributed by atoms with Gasteiger partial charge in [0.25, 0.3) is 5.91 Å². The first-order valence-electron chi connectivity index (χ1n) is 5.60. The molecule has 0 saturated carbocycles. The second kappa shape index (κ2) is 5.46. The van der Waals surface area contributed by atoms with Crippen LogP contribution in [0.4, 0.5) is 5.82 Å². The quantitative estimate of drug-likeness (QED) is 0.867. The largest absolute Gasteiger partial charge is 0.380 e. The van der Waals surface area contributed by atoms with Crippen molar-refractivity contribution < 1.29 is 9.53 Å². The normalized spacial score (nSPS) is 10.3. The van der Waals surface area contributed by atoms with Crippen LogP contribution in [0.5, 0.6) is 0 Å². The van der Waals surface area contributed by atoms with Crippen LogP contribution in [0.3, 0.4) is 0 Å². The van der Waals surface area contributed by atoms with Gasteiger partial charge in [-0.15, -0.1) is 0 Å². The van der Waals surface area contributed by atoms with Gasteiger partial charge in [0.1, 0.15) is 5.82 Å². The Labute approximate surface area is 105 Å². The van der Waals surface area contributed by atoms with Gasteiger partial charge in [0.05, 0.1) is 12.8 Å². The van der Waals surface area contributed by atoms with Gasteiger partial charge in [0.15, 0.2) is 0 Å². The Morgan fingerprint density at radius 3 is 2.89 bits per heavy atom. The van der Waals surface area contributed by atoms with Crippen molar-refractivity contribution >= 4 is 11.7 Å². The molecule has 2 aromatic rings. The monoisotopic (exact) mass is 245 g/mol. The third kappa shape index (κ3) is 2.57. The maximum atomic E-state index is 12.1. The summed E-state index contributed by atoms with van der Waals surface area (Å²) in [6.45, 7) is 2.28. The molecule has 0 bridgehead atoms. The number of H-pyrrole nitrogens is 1. The van der Waals surface area contributed by atoms with Gasteiger partial charge in [-0.05, 0) is 18.6 Å². The highest BCUT2D eigenvalue weighted by Crippen LogP contribution is 2.14. The molecule has 1 heterocycles. The number of hydrogen-bond acceptors (Lipinski definition) is 3. The Bertz CT molecular complexity index is 549. The fourth-order valence-electron chi connectivity index (χ4n) is 1.68. The number of benzene rings is 1. The maximum Gasteiger partial charge on any atom is 0.257 e. The van der Waals surface area contributed by atoms with E-state index >= 15 is 0 Å². The summed E-state index contributed by atoms with van der Waals surface area (Å²) >= 11 is 0. The predicted octanol–water partition coefficient (Wildman–Crippen LogP) is 2.12. The summed E-state index contributed by atoms with van der Waals surface area (Å²) in [7, 11) is 1.60. The van der Waals surface area contributed by atoms with E-state index in [9.17, 15) is 4.79 Å². The molecule has 0 aliphatic heterocycles. The number of hydrogen-bond donors (Lipinski definition) is 2. The minimum Gasteiger partial charge on any atom is -0.380 e. The van der Waals surface area contributed by atoms with Crippen LogP contribution >= 0.6 is 0 Å². The Morgan fingerprint density at radius 1 is 1.44 bits per heavy atom. The molecule has 0 saturated heterocycles. The average Bonchev–Trinajstić information content (AvgIpc) is 2.76. The SMILES string of the molecule is COCc1ccccc1C(=O)Nc1[nH]ncc1C. The molecule has 2 rings (SSSR count). The summed E-state index contributed by atoms with van der Waals surface area (Å²) in [5, 5.41) is 9.40. The number of amides is 1. The molecule has 18 heavy (non-hydrogen) atoms. The van der Waals surface area contributed by atoms with Crippen LogP contribution in [0.25, 0.3) is 0 Å². The Morgan fingerprint density at radius 2 is 2.22 bits per heavy atom. The lowest BCUT2D eigenvalue weighted by molar-refractivity contribution is 0.102. The fourth-order valence-corrected chi connectivity index (χ4v) is 1.68. The molecule has 0 aliphatic carbocycles. The number of anilines is 1. The zero-order chi connectivity index (χ0) is 13.0. The summed E-state index contributed by atoms with van der Waals surface area (Å²) in [5.74, 6) is 0.446. The van der Waals surface area contributed by atoms with E-state index in [0.717, 1.165) is 11.1 Å². The molecule has 0 spiro atoms. The number of nitrogens with zero attached hydrogens (tertiary/aromatic N) is 1. The van der Waals surface area contributed by atoms with Crippen molar-refractivity contribution in [2.75, 3.05) is 12.4 Å². The second-order valence-electron chi connectivity index (χ2n) is 3.97. The molecule has 1 aromatic carbocycles. The minimum absolute atomic E-state index is 0.171. The zero-order valence-electron chi connectivity index (χ0n) is 10.4. The smallest absolute Gasteiger partial charge is 0.257 e. The molecule has 2 N–H and O–H groups in total. The summed E-state index contributed by atoms with van der Waals surface area (Å²) in [6.07, 6.45) is 1.66. The van der Waals surface area contributed by atoms with E-state index in [2.05, 4.69) is 15.5 Å². The van der Waals surface area contributed by atoms with Crippen LogP contribution in [-0.4, -0.2) is 23.2 Å². The molecule has 94 valence electrons. The van der Waals surface area contributed by atoms with Crippen molar-refractivity contribution in [2.45, 2.75) is 13.5 Å². The van der Waals surface area contributed by atoms with Gasteiger partial charge >= 0.3 is 0 Å². The fraction of sp³-hybridized carbons (Fsp3) is 0.231. The molecular weight excluding hydrogens is 230 g/mol. The van der Waals surface area contributed by atoms with E-state index in [0.29, 0.717) is 18.0 Å². The molecule has 0 fully saturated rings. The first kappa shape index (κ1) is 12.3. The van der Waals surface area contributed by atoms with Gasteiger partial charge in [0, 0.05) is 18.2 Å². The van der Waals surface area contributed by atoms with Crippen LogP contribution in [0.1, 0.15) is 21.5 Å². The highest BCUT2D eigenvalue weighted by atomic mass is 16.5. The van der Waals surface area contributed by atoms with Crippen LogP contribution in [-0.2, 0) is 11.3 Å². The van der Waals surface area contributed by atoms with E-state index in [1.807, 2.05) is 25.1 Å². The van der Waals surface area contributed by atoms with Crippen LogP contribution < -0.4 is 5.32 Å². The number of aryl methyl sites for hydroxylation is 1. The number of aromatic nitrogens is 2. The predicted molar refractivity (Wildman–Crippen MR) is 68.4 cm³/mol. The molecule has 0 unspecified atom stereocenters. The number of methoxy groups -OCH3 is 1. The second-order valence-corrected chi connectivity index (χ2v) is 3.97. The van der Waals surface area contributed by atoms with E-state index in [4.69, 9.17) is 4.74 Å². The highest BCUT2D eigenvalue weighted by Gasteiger charge is 2.12. The van der Waals surface area contributed by atoms with Gasteiger partial charge in [-0.1, -0.05) is 18.2 Å². The number of carbonyl (C=O) groups excluding carboxylic acids is 1. The molecule has 5 nitrogen and oxygen atoms in total. The van der Waals surface area contributed by atoms with E-state index in [-0.39, 0.29) is 5.91 Å². The Balaban J connectivity index is 2.21. The van der Waals surface area contributed by atoms with Crippen molar-refractivity contribution in [3.8, 4) is 0 Å². The van der Waals surface area contributed by atoms with Crippen LogP contribution in [0.15, 0.2) is 30.5 Å². The Hall–Kier alpha value is -2.14. The Kier molecular flexibility index (Phi) is 3.74. The topological polar surface area (TPSA) is 67.0 Å². The summed E-state index contributed by atoms with van der Waals surface area (Å²) in [4.78, 5) is 12.1. The van der Waals surface area contributed by atoms with Crippen LogP contribution in [0.2, 0.25) is 0 Å². The molecule has 5 heteroatoms. The molecule has 0 radical (unpaired) electrons. The van der Waals surface area contributed by atoms with Gasteiger partial charge < -0.3 is 10.1 Å². The van der Waals surface area contributed by atoms with Crippen molar-refractivity contribution in [2.24, 2.45) is 0 Å². The van der Waals surface area contributed by atoms with Crippen molar-refractivity contribution in [3.05, 3.63) is 47.2 Å². The average molecular weight is 245 g/mol. The molecule has 1 amide bonds. The number of nitrogens with one attached hydrogen (secondary N) is 2. The van der Waals surface area contributed by atoms with E-state index < -0.39 is 0 Å². The van der Waals surface area contributed by atoms with Gasteiger partial charge in [0.2, 0.25) is 0 Å². The van der Waals surface area contributed by atoms with Gasteiger partial charge in [-0.3, -0.25) is 9.89 Å². The molecule has 1 aromatic heterocycles. The number of aromatic amines is 1. The minimum atomic E-state index is -0.171. The standard InChI is InChI=1S/C13H15N3O2/c1-9-7-14-16-12(9)15-13(17)11-6-4-3-5-10(11)8-18-2/h3-7H,8H2,1-2H3,(H2,14,15,16,17). The molecular formula is C13H15N3O2. The highest BCUT2D eigenvalue weighted by molar-refractivity contribution is 6.05. The summed E-state index contributed by atoms with van der Waals surface area (Å²) in [6, 6.07) is 7.36. The van der Waals surface area contributed by atoms with E-state index in [1.165, 1.54) is 0 Å². The lowest BCUT2D eigenvalue weighted by atomic mass is 10.1. The lowest BCUT2D eigenvalue weighted by Crippen LogP contribution is -2.15. The third-order valence-electron chi connectivity index (χ3n) is 2.63. The number of rotatable bonds is 4. The van der Waals surface area contributed by atoms with Crippen LogP contribution in [0, 0.1) is 6.92 Å². The summed E-state index contributed by atoms with van der Waals surface area (Å²) < 4.78 is 5.08. The van der Waals surface area contributed by atoms with Crippen molar-refractivity contribution in [1.29, 1.82) is 0 Å². The van der Waals surface area contributed by atoms with Gasteiger partial charge in [-0.25, -0.2) is 0 Å². The first-order chi connectivity index (χ1) is 8.72. The maximum absolute atomic E-state index is 12.1. The van der Waals surface area contributed by atoms with E-state index in [1.54, 1.807) is 19.4 Å². The first-order valence-corrected chi connectivity index (χ1v) is 5.60. The van der Waals surface area contributed by atoms with Gasteiger partial charge in [-0.2, -0.15) is 5.10 Å². The molecule has 0 atom stereocenters. The lowest BCUT2D eigenvalue weighted by Gasteiger charge is -2.08. The number of carbonyl (C=O) groups is 1. The zero-order valence-corrected chi connectivity index (χ0v) is 10.4. The molecule has 0 aliphatic rings. The third-order valence-corrected chi connectivity index (χ3v) is 2.63. The number of ether oxygens (including phenoxy) is 1. The van der Waals surface area contributed by atoms with Crippen molar-refractivity contribution in [1.82, 2.24) is 10.2 Å². The van der Waals surface area contributed by atoms with Crippen molar-refractivity contribution in [3.63, 3.8) is 0 Å².